The summed E-state index contributed by atoms with van der Waals surface area (Å²) in [6.45, 7) is 2.14. The number of nitrogens with one attached hydrogen (secondary N) is 1. The van der Waals surface area contributed by atoms with Crippen molar-refractivity contribution in [2.75, 3.05) is 24.2 Å². The van der Waals surface area contributed by atoms with Gasteiger partial charge in [0.2, 0.25) is 21.8 Å². The first-order chi connectivity index (χ1) is 18.1. The highest BCUT2D eigenvalue weighted by Crippen LogP contribution is 2.22. The van der Waals surface area contributed by atoms with Crippen molar-refractivity contribution in [1.29, 1.82) is 0 Å². The molecule has 8 nitrogen and oxygen atoms in total. The van der Waals surface area contributed by atoms with Crippen LogP contribution in [0.15, 0.2) is 48.5 Å². The molecule has 2 aromatic rings. The Balaban J connectivity index is 1.71. The molecule has 1 atom stereocenters. The van der Waals surface area contributed by atoms with Crippen LogP contribution in [0.25, 0.3) is 0 Å². The molecule has 0 bridgehead atoms. The van der Waals surface area contributed by atoms with Gasteiger partial charge in [-0.25, -0.2) is 8.42 Å². The van der Waals surface area contributed by atoms with E-state index in [1.54, 1.807) is 43.2 Å². The standard InChI is InChI=1S/C28H38ClN3O5S/c1-21(28(34)30-24-8-5-4-6-9-24)31(20-22-11-17-26(37-2)18-12-22)27(33)10-7-19-32(38(3,35)36)25-15-13-23(29)14-16-25/h11-18,21,24H,4-10,19-20H2,1-3H3,(H,30,34)/t21-/m1/s1. The van der Waals surface area contributed by atoms with Gasteiger partial charge in [0.05, 0.1) is 19.1 Å². The monoisotopic (exact) mass is 563 g/mol. The van der Waals surface area contributed by atoms with E-state index in [1.165, 1.54) is 10.7 Å². The molecule has 208 valence electrons. The summed E-state index contributed by atoms with van der Waals surface area (Å²) in [4.78, 5) is 28.2. The Morgan fingerprint density at radius 2 is 1.68 bits per heavy atom. The Morgan fingerprint density at radius 1 is 1.05 bits per heavy atom. The molecule has 10 heteroatoms. The summed E-state index contributed by atoms with van der Waals surface area (Å²) < 4.78 is 31.4. The largest absolute Gasteiger partial charge is 0.497 e. The van der Waals surface area contributed by atoms with Crippen molar-refractivity contribution in [3.63, 3.8) is 0 Å². The smallest absolute Gasteiger partial charge is 0.242 e. The van der Waals surface area contributed by atoms with Gasteiger partial charge in [0.15, 0.2) is 0 Å². The minimum Gasteiger partial charge on any atom is -0.497 e. The molecular formula is C28H38ClN3O5S. The van der Waals surface area contributed by atoms with E-state index in [1.807, 2.05) is 24.3 Å². The van der Waals surface area contributed by atoms with Crippen molar-refractivity contribution in [1.82, 2.24) is 10.2 Å². The number of carbonyl (C=O) groups excluding carboxylic acids is 2. The second-order valence-corrected chi connectivity index (χ2v) is 12.1. The van der Waals surface area contributed by atoms with E-state index in [9.17, 15) is 18.0 Å². The van der Waals surface area contributed by atoms with Crippen molar-refractivity contribution in [3.05, 3.63) is 59.1 Å². The number of benzene rings is 2. The number of hydrogen-bond acceptors (Lipinski definition) is 5. The summed E-state index contributed by atoms with van der Waals surface area (Å²) in [7, 11) is -1.97. The average molecular weight is 564 g/mol. The van der Waals surface area contributed by atoms with Gasteiger partial charge in [-0.3, -0.25) is 13.9 Å². The fourth-order valence-corrected chi connectivity index (χ4v) is 5.78. The molecule has 3 rings (SSSR count). The normalized spacial score (nSPS) is 14.9. The fourth-order valence-electron chi connectivity index (χ4n) is 4.69. The van der Waals surface area contributed by atoms with Gasteiger partial charge in [0.25, 0.3) is 0 Å². The molecule has 1 saturated carbocycles. The van der Waals surface area contributed by atoms with Crippen LogP contribution in [-0.4, -0.2) is 57.1 Å². The Kier molecular flexibility index (Phi) is 10.8. The van der Waals surface area contributed by atoms with Gasteiger partial charge in [-0.2, -0.15) is 0 Å². The number of ether oxygens (including phenoxy) is 1. The van der Waals surface area contributed by atoms with E-state index in [2.05, 4.69) is 5.32 Å². The minimum atomic E-state index is -3.56. The first kappa shape index (κ1) is 29.8. The van der Waals surface area contributed by atoms with Crippen LogP contribution in [0.2, 0.25) is 5.02 Å². The third kappa shape index (κ3) is 8.63. The molecule has 0 spiro atoms. The molecule has 0 radical (unpaired) electrons. The molecule has 38 heavy (non-hydrogen) atoms. The predicted molar refractivity (Wildman–Crippen MR) is 151 cm³/mol. The van der Waals surface area contributed by atoms with Gasteiger partial charge in [-0.15, -0.1) is 0 Å². The number of halogens is 1. The quantitative estimate of drug-likeness (QED) is 0.401. The maximum absolute atomic E-state index is 13.5. The molecule has 0 aromatic heterocycles. The Labute approximate surface area is 231 Å². The van der Waals surface area contributed by atoms with Gasteiger partial charge < -0.3 is 15.0 Å². The number of sulfonamides is 1. The third-order valence-electron chi connectivity index (χ3n) is 6.90. The topological polar surface area (TPSA) is 96.0 Å². The number of methoxy groups -OCH3 is 1. The van der Waals surface area contributed by atoms with Crippen molar-refractivity contribution < 1.29 is 22.7 Å². The molecule has 1 aliphatic carbocycles. The summed E-state index contributed by atoms with van der Waals surface area (Å²) in [6, 6.07) is 13.4. The molecule has 2 amide bonds. The Hall–Kier alpha value is -2.78. The van der Waals surface area contributed by atoms with Crippen LogP contribution >= 0.6 is 11.6 Å². The summed E-state index contributed by atoms with van der Waals surface area (Å²) in [6.07, 6.45) is 6.81. The van der Waals surface area contributed by atoms with E-state index >= 15 is 0 Å². The lowest BCUT2D eigenvalue weighted by Gasteiger charge is -2.31. The van der Waals surface area contributed by atoms with Gasteiger partial charge in [0.1, 0.15) is 11.8 Å². The average Bonchev–Trinajstić information content (AvgIpc) is 2.90. The first-order valence-corrected chi connectivity index (χ1v) is 15.3. The van der Waals surface area contributed by atoms with Crippen LogP contribution in [0, 0.1) is 0 Å². The molecular weight excluding hydrogens is 526 g/mol. The molecule has 1 N–H and O–H groups in total. The molecule has 0 unspecified atom stereocenters. The molecule has 1 fully saturated rings. The second kappa shape index (κ2) is 13.8. The molecule has 0 heterocycles. The zero-order valence-electron chi connectivity index (χ0n) is 22.4. The summed E-state index contributed by atoms with van der Waals surface area (Å²) >= 11 is 5.95. The molecule has 1 aliphatic rings. The van der Waals surface area contributed by atoms with Crippen molar-refractivity contribution in [2.45, 2.75) is 70.5 Å². The van der Waals surface area contributed by atoms with Crippen LogP contribution in [0.3, 0.4) is 0 Å². The minimum absolute atomic E-state index is 0.0941. The maximum atomic E-state index is 13.5. The number of amides is 2. The number of hydrogen-bond donors (Lipinski definition) is 1. The van der Waals surface area contributed by atoms with Gasteiger partial charge in [-0.05, 0) is 68.1 Å². The molecule has 2 aromatic carbocycles. The number of nitrogens with zero attached hydrogens (tertiary/aromatic N) is 2. The van der Waals surface area contributed by atoms with Gasteiger partial charge in [-0.1, -0.05) is 43.0 Å². The van der Waals surface area contributed by atoms with Gasteiger partial charge in [0, 0.05) is 30.6 Å². The molecule has 0 saturated heterocycles. The summed E-state index contributed by atoms with van der Waals surface area (Å²) in [5.41, 5.74) is 1.36. The van der Waals surface area contributed by atoms with Crippen molar-refractivity contribution in [2.24, 2.45) is 0 Å². The Bertz CT molecular complexity index is 1170. The summed E-state index contributed by atoms with van der Waals surface area (Å²) in [5, 5.41) is 3.63. The number of rotatable bonds is 12. The fraction of sp³-hybridized carbons (Fsp3) is 0.500. The lowest BCUT2D eigenvalue weighted by atomic mass is 9.95. The van der Waals surface area contributed by atoms with Crippen molar-refractivity contribution >= 4 is 39.1 Å². The SMILES string of the molecule is COc1ccc(CN(C(=O)CCCN(c2ccc(Cl)cc2)S(C)(=O)=O)[C@H](C)C(=O)NC2CCCCC2)cc1. The van der Waals surface area contributed by atoms with Crippen LogP contribution in [0.4, 0.5) is 5.69 Å². The van der Waals surface area contributed by atoms with Crippen LogP contribution < -0.4 is 14.4 Å². The van der Waals surface area contributed by atoms with Crippen LogP contribution in [0.5, 0.6) is 5.75 Å². The number of carbonyl (C=O) groups is 2. The van der Waals surface area contributed by atoms with Gasteiger partial charge >= 0.3 is 0 Å². The second-order valence-electron chi connectivity index (χ2n) is 9.80. The molecule has 0 aliphatic heterocycles. The number of anilines is 1. The van der Waals surface area contributed by atoms with E-state index < -0.39 is 16.1 Å². The highest BCUT2D eigenvalue weighted by atomic mass is 35.5. The Morgan fingerprint density at radius 3 is 2.26 bits per heavy atom. The third-order valence-corrected chi connectivity index (χ3v) is 8.34. The first-order valence-electron chi connectivity index (χ1n) is 13.0. The zero-order valence-corrected chi connectivity index (χ0v) is 23.9. The van der Waals surface area contributed by atoms with E-state index in [0.29, 0.717) is 22.9 Å². The van der Waals surface area contributed by atoms with Crippen LogP contribution in [-0.2, 0) is 26.2 Å². The van der Waals surface area contributed by atoms with E-state index in [4.69, 9.17) is 16.3 Å². The lowest BCUT2D eigenvalue weighted by Crippen LogP contribution is -2.50. The summed E-state index contributed by atoms with van der Waals surface area (Å²) in [5.74, 6) is 0.326. The highest BCUT2D eigenvalue weighted by molar-refractivity contribution is 7.92. The van der Waals surface area contributed by atoms with Crippen molar-refractivity contribution in [3.8, 4) is 5.75 Å². The van der Waals surface area contributed by atoms with E-state index in [0.717, 1.165) is 37.5 Å². The lowest BCUT2D eigenvalue weighted by molar-refractivity contribution is -0.141. The van der Waals surface area contributed by atoms with Crippen LogP contribution in [0.1, 0.15) is 57.4 Å². The maximum Gasteiger partial charge on any atom is 0.242 e. The zero-order chi connectivity index (χ0) is 27.7. The highest BCUT2D eigenvalue weighted by Gasteiger charge is 2.28. The van der Waals surface area contributed by atoms with E-state index in [-0.39, 0.29) is 37.4 Å². The predicted octanol–water partition coefficient (Wildman–Crippen LogP) is 4.76.